The number of aryl methyl sites for hydroxylation is 1. The molecule has 1 N–H and O–H groups in total. The molecule has 4 aromatic rings. The molecule has 4 heterocycles. The number of hydrogen-bond donors (Lipinski definition) is 1. The highest BCUT2D eigenvalue weighted by Crippen LogP contribution is 2.53. The highest BCUT2D eigenvalue weighted by atomic mass is 35.5. The van der Waals surface area contributed by atoms with Gasteiger partial charge in [-0.3, -0.25) is 9.20 Å². The zero-order valence-electron chi connectivity index (χ0n) is 18.8. The summed E-state index contributed by atoms with van der Waals surface area (Å²) in [7, 11) is 1.64. The Morgan fingerprint density at radius 3 is 2.94 bits per heavy atom. The van der Waals surface area contributed by atoms with E-state index in [1.165, 1.54) is 30.0 Å². The molecule has 0 atom stereocenters. The average Bonchev–Trinajstić information content (AvgIpc) is 3.21. The summed E-state index contributed by atoms with van der Waals surface area (Å²) in [5.41, 5.74) is 2.48. The minimum Gasteiger partial charge on any atom is -0.381 e. The van der Waals surface area contributed by atoms with E-state index in [1.54, 1.807) is 23.7 Å². The van der Waals surface area contributed by atoms with Crippen molar-refractivity contribution in [2.75, 3.05) is 31.5 Å². The molecule has 176 valence electrons. The first-order chi connectivity index (χ1) is 16.4. The van der Waals surface area contributed by atoms with Gasteiger partial charge in [-0.25, -0.2) is 9.07 Å². The number of benzene rings is 1. The molecule has 1 aliphatic heterocycles. The molecule has 2 fully saturated rings. The van der Waals surface area contributed by atoms with Gasteiger partial charge in [0.1, 0.15) is 6.33 Å². The molecule has 1 aromatic carbocycles. The third-order valence-electron chi connectivity index (χ3n) is 7.35. The van der Waals surface area contributed by atoms with Crippen LogP contribution in [0.5, 0.6) is 0 Å². The lowest BCUT2D eigenvalue weighted by Crippen LogP contribution is -2.63. The summed E-state index contributed by atoms with van der Waals surface area (Å²) >= 11 is 6.31. The lowest BCUT2D eigenvalue weighted by Gasteiger charge is -2.59. The Balaban J connectivity index is 1.01. The van der Waals surface area contributed by atoms with Gasteiger partial charge in [0.15, 0.2) is 11.5 Å². The van der Waals surface area contributed by atoms with Gasteiger partial charge in [0.25, 0.3) is 5.56 Å². The fourth-order valence-corrected chi connectivity index (χ4v) is 6.05. The van der Waals surface area contributed by atoms with Crippen LogP contribution in [0.4, 0.5) is 10.1 Å². The van der Waals surface area contributed by atoms with Gasteiger partial charge >= 0.3 is 0 Å². The van der Waals surface area contributed by atoms with Gasteiger partial charge in [-0.15, -0.1) is 10.2 Å². The summed E-state index contributed by atoms with van der Waals surface area (Å²) in [5.74, 6) is 0.301. The molecular formula is C24H25ClFN7O. The molecular weight excluding hydrogens is 457 g/mol. The van der Waals surface area contributed by atoms with Crippen molar-refractivity contribution in [3.05, 3.63) is 63.7 Å². The van der Waals surface area contributed by atoms with E-state index >= 15 is 0 Å². The van der Waals surface area contributed by atoms with Crippen molar-refractivity contribution in [2.24, 2.45) is 18.4 Å². The molecule has 2 aliphatic rings. The number of rotatable bonds is 6. The summed E-state index contributed by atoms with van der Waals surface area (Å²) in [6.45, 7) is 3.72. The zero-order chi connectivity index (χ0) is 23.4. The Morgan fingerprint density at radius 2 is 2.12 bits per heavy atom. The standard InChI is InChI=1S/C24H25ClFN7O/c1-31-23(34)22-17(10-29-31)16(2-3-18(22)25)6-15-8-24(9-15)12-32(13-24)5-4-27-20-7-21-30-28-14-33(21)11-19(20)26/h2-3,7,10-11,14-15,27H,4-6,8-9,12-13H2,1H3. The first-order valence-electron chi connectivity index (χ1n) is 11.5. The molecule has 8 nitrogen and oxygen atoms in total. The van der Waals surface area contributed by atoms with E-state index in [4.69, 9.17) is 11.6 Å². The van der Waals surface area contributed by atoms with Crippen LogP contribution in [0.15, 0.2) is 41.7 Å². The minimum atomic E-state index is -0.308. The van der Waals surface area contributed by atoms with Crippen LogP contribution < -0.4 is 10.9 Å². The van der Waals surface area contributed by atoms with Gasteiger partial charge in [0, 0.05) is 50.9 Å². The summed E-state index contributed by atoms with van der Waals surface area (Å²) in [6.07, 6.45) is 7.96. The molecule has 1 spiro atoms. The van der Waals surface area contributed by atoms with Gasteiger partial charge < -0.3 is 10.2 Å². The van der Waals surface area contributed by atoms with Crippen molar-refractivity contribution < 1.29 is 4.39 Å². The Labute approximate surface area is 200 Å². The molecule has 0 bridgehead atoms. The fourth-order valence-electron chi connectivity index (χ4n) is 5.80. The number of aromatic nitrogens is 5. The average molecular weight is 482 g/mol. The van der Waals surface area contributed by atoms with Crippen LogP contribution in [0.3, 0.4) is 0 Å². The Kier molecular flexibility index (Phi) is 5.07. The molecule has 10 heteroatoms. The van der Waals surface area contributed by atoms with Crippen LogP contribution in [-0.4, -0.2) is 55.5 Å². The van der Waals surface area contributed by atoms with Gasteiger partial charge in [-0.05, 0) is 42.2 Å². The molecule has 1 saturated carbocycles. The quantitative estimate of drug-likeness (QED) is 0.456. The first-order valence-corrected chi connectivity index (χ1v) is 11.9. The smallest absolute Gasteiger partial charge is 0.275 e. The zero-order valence-corrected chi connectivity index (χ0v) is 19.6. The topological polar surface area (TPSA) is 80.3 Å². The number of halogens is 2. The maximum absolute atomic E-state index is 14.2. The van der Waals surface area contributed by atoms with E-state index in [-0.39, 0.29) is 11.4 Å². The van der Waals surface area contributed by atoms with Crippen molar-refractivity contribution >= 4 is 33.7 Å². The molecule has 0 amide bonds. The highest BCUT2D eigenvalue weighted by molar-refractivity contribution is 6.35. The van der Waals surface area contributed by atoms with Crippen molar-refractivity contribution in [2.45, 2.75) is 19.3 Å². The van der Waals surface area contributed by atoms with Crippen LogP contribution in [0.2, 0.25) is 5.02 Å². The summed E-state index contributed by atoms with van der Waals surface area (Å²) in [4.78, 5) is 14.9. The Hall–Kier alpha value is -3.04. The third-order valence-corrected chi connectivity index (χ3v) is 7.67. The predicted molar refractivity (Wildman–Crippen MR) is 129 cm³/mol. The maximum Gasteiger partial charge on any atom is 0.275 e. The van der Waals surface area contributed by atoms with E-state index in [9.17, 15) is 9.18 Å². The molecule has 34 heavy (non-hydrogen) atoms. The summed E-state index contributed by atoms with van der Waals surface area (Å²) in [6, 6.07) is 5.55. The fraction of sp³-hybridized carbons (Fsp3) is 0.417. The largest absolute Gasteiger partial charge is 0.381 e. The number of anilines is 1. The van der Waals surface area contributed by atoms with Crippen molar-refractivity contribution in [1.82, 2.24) is 29.3 Å². The molecule has 0 radical (unpaired) electrons. The monoisotopic (exact) mass is 481 g/mol. The van der Waals surface area contributed by atoms with Crippen LogP contribution >= 0.6 is 11.6 Å². The molecule has 6 rings (SSSR count). The molecule has 1 saturated heterocycles. The molecule has 3 aromatic heterocycles. The van der Waals surface area contributed by atoms with E-state index in [0.717, 1.165) is 37.0 Å². The third kappa shape index (κ3) is 3.63. The second-order valence-corrected chi connectivity index (χ2v) is 10.2. The maximum atomic E-state index is 14.2. The van der Waals surface area contributed by atoms with Crippen LogP contribution in [0.1, 0.15) is 18.4 Å². The molecule has 1 aliphatic carbocycles. The number of nitrogens with zero attached hydrogens (tertiary/aromatic N) is 6. The van der Waals surface area contributed by atoms with Crippen LogP contribution in [0.25, 0.3) is 16.4 Å². The van der Waals surface area contributed by atoms with E-state index in [0.29, 0.717) is 39.6 Å². The van der Waals surface area contributed by atoms with E-state index in [1.807, 2.05) is 12.1 Å². The van der Waals surface area contributed by atoms with Crippen molar-refractivity contribution in [1.29, 1.82) is 0 Å². The van der Waals surface area contributed by atoms with Crippen LogP contribution in [-0.2, 0) is 13.5 Å². The lowest BCUT2D eigenvalue weighted by molar-refractivity contribution is -0.0915. The number of fused-ring (bicyclic) bond motifs is 2. The number of pyridine rings is 1. The van der Waals surface area contributed by atoms with Gasteiger partial charge in [0.2, 0.25) is 0 Å². The number of nitrogens with one attached hydrogen (secondary N) is 1. The van der Waals surface area contributed by atoms with E-state index in [2.05, 4.69) is 25.5 Å². The minimum absolute atomic E-state index is 0.154. The van der Waals surface area contributed by atoms with Gasteiger partial charge in [-0.1, -0.05) is 17.7 Å². The Bertz CT molecular complexity index is 1450. The van der Waals surface area contributed by atoms with Gasteiger partial charge in [-0.2, -0.15) is 5.10 Å². The second kappa shape index (κ2) is 8.02. The summed E-state index contributed by atoms with van der Waals surface area (Å²) in [5, 5.41) is 17.1. The predicted octanol–water partition coefficient (Wildman–Crippen LogP) is 3.14. The molecule has 0 unspecified atom stereocenters. The number of likely N-dealkylation sites (tertiary alicyclic amines) is 1. The van der Waals surface area contributed by atoms with Crippen molar-refractivity contribution in [3.63, 3.8) is 0 Å². The van der Waals surface area contributed by atoms with Crippen LogP contribution in [0, 0.1) is 17.2 Å². The Morgan fingerprint density at radius 1 is 1.29 bits per heavy atom. The second-order valence-electron chi connectivity index (χ2n) is 9.82. The SMILES string of the molecule is Cn1ncc2c(CC3CC4(C3)CN(CCNc3cc5nncn5cc3F)C4)ccc(Cl)c2c1=O. The normalized spacial score (nSPS) is 17.9. The number of hydrogen-bond acceptors (Lipinski definition) is 6. The van der Waals surface area contributed by atoms with Gasteiger partial charge in [0.05, 0.1) is 22.3 Å². The summed E-state index contributed by atoms with van der Waals surface area (Å²) < 4.78 is 17.1. The highest BCUT2D eigenvalue weighted by Gasteiger charge is 2.51. The first kappa shape index (κ1) is 21.5. The van der Waals surface area contributed by atoms with Crippen molar-refractivity contribution in [3.8, 4) is 0 Å². The van der Waals surface area contributed by atoms with E-state index < -0.39 is 0 Å². The lowest BCUT2D eigenvalue weighted by atomic mass is 9.56.